The molecule has 0 aromatic rings. The third-order valence-corrected chi connectivity index (χ3v) is 4.83. The molecule has 0 bridgehead atoms. The summed E-state index contributed by atoms with van der Waals surface area (Å²) >= 11 is 0. The Morgan fingerprint density at radius 1 is 1.14 bits per heavy atom. The molecule has 2 aliphatic rings. The molecule has 7 nitrogen and oxygen atoms in total. The molecule has 1 radical (unpaired) electrons. The summed E-state index contributed by atoms with van der Waals surface area (Å²) in [6.07, 6.45) is 0.292. The van der Waals surface area contributed by atoms with Crippen molar-refractivity contribution in [2.75, 3.05) is 32.7 Å². The van der Waals surface area contributed by atoms with E-state index >= 15 is 0 Å². The minimum absolute atomic E-state index is 0.160. The molecular formula is C14H25N4O3. The third kappa shape index (κ3) is 3.09. The number of piperazine rings is 1. The molecule has 0 amide bonds. The Kier molecular flexibility index (Phi) is 4.37. The number of hydrogen-bond acceptors (Lipinski definition) is 5. The number of nitrogens with zero attached hydrogens (tertiary/aromatic N) is 4. The molecule has 2 saturated heterocycles. The fraction of sp³-hybridized carbons (Fsp3) is 0.929. The molecule has 0 aliphatic carbocycles. The van der Waals surface area contributed by atoms with Crippen molar-refractivity contribution >= 4 is 5.78 Å². The minimum atomic E-state index is -0.709. The maximum Gasteiger partial charge on any atom is 0.141 e. The van der Waals surface area contributed by atoms with E-state index in [4.69, 9.17) is 0 Å². The predicted molar refractivity (Wildman–Crippen MR) is 77.6 cm³/mol. The van der Waals surface area contributed by atoms with E-state index in [2.05, 4.69) is 10.2 Å². The lowest BCUT2D eigenvalue weighted by atomic mass is 9.73. The fourth-order valence-electron chi connectivity index (χ4n) is 3.52. The molecule has 1 unspecified atom stereocenters. The predicted octanol–water partition coefficient (Wildman–Crippen LogP) is 1.08. The van der Waals surface area contributed by atoms with Crippen LogP contribution >= 0.6 is 0 Å². The molecule has 2 fully saturated rings. The molecule has 0 saturated carbocycles. The number of carbonyl (C=O) groups excluding carboxylic acids is 1. The molecule has 7 heteroatoms. The number of hydrogen-bond donors (Lipinski definition) is 0. The average Bonchev–Trinajstić information content (AvgIpc) is 2.42. The van der Waals surface area contributed by atoms with Gasteiger partial charge in [0.15, 0.2) is 0 Å². The minimum Gasteiger partial charge on any atom is -0.299 e. The van der Waals surface area contributed by atoms with E-state index < -0.39 is 11.1 Å². The van der Waals surface area contributed by atoms with E-state index in [0.29, 0.717) is 39.1 Å². The van der Waals surface area contributed by atoms with Gasteiger partial charge < -0.3 is 0 Å². The Hall–Kier alpha value is -1.05. The second kappa shape index (κ2) is 5.62. The Labute approximate surface area is 125 Å². The van der Waals surface area contributed by atoms with Crippen LogP contribution in [0.1, 0.15) is 34.1 Å². The van der Waals surface area contributed by atoms with Crippen LogP contribution in [0, 0.1) is 10.8 Å². The number of carbonyl (C=O) groups is 1. The van der Waals surface area contributed by atoms with Crippen LogP contribution in [-0.4, -0.2) is 64.6 Å². The van der Waals surface area contributed by atoms with Crippen LogP contribution in [0.2, 0.25) is 0 Å². The van der Waals surface area contributed by atoms with Gasteiger partial charge in [-0.2, -0.15) is 0 Å². The van der Waals surface area contributed by atoms with Crippen LogP contribution in [0.4, 0.5) is 0 Å². The van der Waals surface area contributed by atoms with Gasteiger partial charge in [-0.25, -0.2) is 0 Å². The first kappa shape index (κ1) is 16.3. The maximum absolute atomic E-state index is 12.5. The van der Waals surface area contributed by atoms with Crippen LogP contribution in [0.5, 0.6) is 0 Å². The number of piperidine rings is 1. The van der Waals surface area contributed by atoms with Gasteiger partial charge in [0, 0.05) is 26.1 Å². The number of ketones is 1. The van der Waals surface area contributed by atoms with Gasteiger partial charge in [0.2, 0.25) is 0 Å². The summed E-state index contributed by atoms with van der Waals surface area (Å²) in [6.45, 7) is 10.5. The van der Waals surface area contributed by atoms with Crippen molar-refractivity contribution < 1.29 is 10.0 Å². The summed E-state index contributed by atoms with van der Waals surface area (Å²) in [5.74, 6) is -0.133. The quantitative estimate of drug-likeness (QED) is 0.729. The van der Waals surface area contributed by atoms with Gasteiger partial charge in [0.05, 0.1) is 35.4 Å². The summed E-state index contributed by atoms with van der Waals surface area (Å²) in [5, 5.41) is 18.1. The Balaban J connectivity index is 2.05. The first-order chi connectivity index (χ1) is 9.68. The van der Waals surface area contributed by atoms with Gasteiger partial charge in [-0.3, -0.25) is 14.7 Å². The zero-order chi connectivity index (χ0) is 15.8. The SMILES string of the molecule is CC1(C)CC(=O)C(CN2CCN(N=O)CC2)C(C)(C)N1[O]. The second-order valence-corrected chi connectivity index (χ2v) is 7.29. The van der Waals surface area contributed by atoms with E-state index in [0.717, 1.165) is 5.06 Å². The van der Waals surface area contributed by atoms with Crippen LogP contribution in [0.25, 0.3) is 0 Å². The number of hydroxylamine groups is 2. The van der Waals surface area contributed by atoms with Crippen molar-refractivity contribution in [3.63, 3.8) is 0 Å². The second-order valence-electron chi connectivity index (χ2n) is 7.29. The first-order valence-corrected chi connectivity index (χ1v) is 7.49. The lowest BCUT2D eigenvalue weighted by molar-refractivity contribution is -0.292. The lowest BCUT2D eigenvalue weighted by Crippen LogP contribution is -2.65. The van der Waals surface area contributed by atoms with Crippen LogP contribution in [0.3, 0.4) is 0 Å². The molecule has 21 heavy (non-hydrogen) atoms. The van der Waals surface area contributed by atoms with Crippen molar-refractivity contribution in [3.8, 4) is 0 Å². The molecule has 119 valence electrons. The topological polar surface area (TPSA) is 76.1 Å². The van der Waals surface area contributed by atoms with E-state index in [1.165, 1.54) is 5.01 Å². The highest BCUT2D eigenvalue weighted by molar-refractivity contribution is 5.84. The first-order valence-electron chi connectivity index (χ1n) is 7.49. The molecular weight excluding hydrogens is 272 g/mol. The van der Waals surface area contributed by atoms with E-state index in [1.807, 2.05) is 27.7 Å². The average molecular weight is 297 g/mol. The molecule has 0 spiro atoms. The summed E-state index contributed by atoms with van der Waals surface area (Å²) in [5.41, 5.74) is -1.35. The fourth-order valence-corrected chi connectivity index (χ4v) is 3.52. The standard InChI is InChI=1S/C14H25N4O3/c1-13(2)9-12(19)11(14(3,4)18(13)21)10-16-5-7-17(15-20)8-6-16/h11H,5-10H2,1-4H3. The highest BCUT2D eigenvalue weighted by atomic mass is 16.5. The third-order valence-electron chi connectivity index (χ3n) is 4.83. The van der Waals surface area contributed by atoms with E-state index in [-0.39, 0.29) is 11.7 Å². The highest BCUT2D eigenvalue weighted by Crippen LogP contribution is 2.39. The van der Waals surface area contributed by atoms with Gasteiger partial charge in [-0.15, -0.1) is 15.2 Å². The van der Waals surface area contributed by atoms with Crippen LogP contribution in [-0.2, 0) is 10.0 Å². The maximum atomic E-state index is 12.5. The molecule has 0 aromatic heterocycles. The molecule has 0 N–H and O–H groups in total. The number of rotatable bonds is 3. The molecule has 2 rings (SSSR count). The van der Waals surface area contributed by atoms with Gasteiger partial charge in [0.25, 0.3) is 0 Å². The smallest absolute Gasteiger partial charge is 0.141 e. The largest absolute Gasteiger partial charge is 0.299 e. The molecule has 2 aliphatic heterocycles. The normalized spacial score (nSPS) is 30.4. The number of Topliss-reactive ketones (excluding diaryl/α,β-unsaturated/α-hetero) is 1. The Morgan fingerprint density at radius 2 is 1.71 bits per heavy atom. The van der Waals surface area contributed by atoms with Gasteiger partial charge in [0.1, 0.15) is 5.78 Å². The van der Waals surface area contributed by atoms with E-state index in [9.17, 15) is 14.9 Å². The monoisotopic (exact) mass is 297 g/mol. The zero-order valence-electron chi connectivity index (χ0n) is 13.3. The van der Waals surface area contributed by atoms with Gasteiger partial charge >= 0.3 is 0 Å². The Bertz CT molecular complexity index is 416. The summed E-state index contributed by atoms with van der Waals surface area (Å²) in [4.78, 5) is 25.1. The van der Waals surface area contributed by atoms with Crippen molar-refractivity contribution in [2.45, 2.75) is 45.2 Å². The molecule has 1 atom stereocenters. The summed E-state index contributed by atoms with van der Waals surface area (Å²) < 4.78 is 0. The van der Waals surface area contributed by atoms with Crippen LogP contribution in [0.15, 0.2) is 5.29 Å². The van der Waals surface area contributed by atoms with Gasteiger partial charge in [-0.05, 0) is 27.7 Å². The number of nitroso groups, excluding NO2 is 1. The molecule has 2 heterocycles. The zero-order valence-corrected chi connectivity index (χ0v) is 13.3. The highest BCUT2D eigenvalue weighted by Gasteiger charge is 2.52. The van der Waals surface area contributed by atoms with Gasteiger partial charge in [-0.1, -0.05) is 0 Å². The van der Waals surface area contributed by atoms with Crippen LogP contribution < -0.4 is 0 Å². The Morgan fingerprint density at radius 3 is 2.24 bits per heavy atom. The van der Waals surface area contributed by atoms with E-state index in [1.54, 1.807) is 0 Å². The van der Waals surface area contributed by atoms with Crippen molar-refractivity contribution in [1.82, 2.24) is 15.0 Å². The van der Waals surface area contributed by atoms with Crippen molar-refractivity contribution in [1.29, 1.82) is 0 Å². The van der Waals surface area contributed by atoms with Crippen molar-refractivity contribution in [3.05, 3.63) is 4.91 Å². The summed E-state index contributed by atoms with van der Waals surface area (Å²) in [6, 6.07) is 0. The summed E-state index contributed by atoms with van der Waals surface area (Å²) in [7, 11) is 0. The molecule has 0 aromatic carbocycles. The lowest BCUT2D eigenvalue weighted by Gasteiger charge is -2.51. The van der Waals surface area contributed by atoms with Crippen molar-refractivity contribution in [2.24, 2.45) is 11.2 Å².